The number of sulfonamides is 1. The number of morpholine rings is 1. The lowest BCUT2D eigenvalue weighted by atomic mass is 10.2. The van der Waals surface area contributed by atoms with Crippen molar-refractivity contribution in [2.45, 2.75) is 31.0 Å². The third-order valence-electron chi connectivity index (χ3n) is 3.35. The van der Waals surface area contributed by atoms with Crippen molar-refractivity contribution in [3.63, 3.8) is 0 Å². The molecule has 1 aromatic rings. The van der Waals surface area contributed by atoms with Gasteiger partial charge in [0.15, 0.2) is 0 Å². The summed E-state index contributed by atoms with van der Waals surface area (Å²) >= 11 is 5.91. The second kappa shape index (κ2) is 6.54. The first-order valence-electron chi connectivity index (χ1n) is 6.79. The number of benzene rings is 1. The lowest BCUT2D eigenvalue weighted by Crippen LogP contribution is -2.48. The average molecular weight is 348 g/mol. The van der Waals surface area contributed by atoms with Crippen molar-refractivity contribution in [1.82, 2.24) is 4.31 Å². The highest BCUT2D eigenvalue weighted by molar-refractivity contribution is 7.89. The van der Waals surface area contributed by atoms with Crippen LogP contribution in [0.1, 0.15) is 24.2 Å². The molecule has 1 saturated heterocycles. The summed E-state index contributed by atoms with van der Waals surface area (Å²) in [7, 11) is -2.67. The number of ether oxygens (including phenoxy) is 2. The van der Waals surface area contributed by atoms with Crippen LogP contribution in [0.5, 0.6) is 0 Å². The fourth-order valence-electron chi connectivity index (χ4n) is 2.45. The Balaban J connectivity index is 2.49. The fraction of sp³-hybridized carbons (Fsp3) is 0.500. The molecule has 6 nitrogen and oxygen atoms in total. The maximum atomic E-state index is 12.9. The second-order valence-corrected chi connectivity index (χ2v) is 7.55. The zero-order valence-electron chi connectivity index (χ0n) is 12.6. The Morgan fingerprint density at radius 1 is 1.32 bits per heavy atom. The van der Waals surface area contributed by atoms with E-state index >= 15 is 0 Å². The largest absolute Gasteiger partial charge is 0.465 e. The predicted molar refractivity (Wildman–Crippen MR) is 81.6 cm³/mol. The van der Waals surface area contributed by atoms with Gasteiger partial charge in [-0.15, -0.1) is 0 Å². The predicted octanol–water partition coefficient (Wildman–Crippen LogP) is 1.92. The number of rotatable bonds is 3. The van der Waals surface area contributed by atoms with Gasteiger partial charge in [0.2, 0.25) is 10.0 Å². The summed E-state index contributed by atoms with van der Waals surface area (Å²) in [6, 6.07) is 4.08. The van der Waals surface area contributed by atoms with Crippen LogP contribution in [0.25, 0.3) is 0 Å². The SMILES string of the molecule is COC(=O)c1ccc(Cl)cc1S(=O)(=O)N1CC(C)OC(C)C1. The Morgan fingerprint density at radius 3 is 2.45 bits per heavy atom. The summed E-state index contributed by atoms with van der Waals surface area (Å²) in [6.07, 6.45) is -0.446. The highest BCUT2D eigenvalue weighted by Crippen LogP contribution is 2.27. The van der Waals surface area contributed by atoms with Gasteiger partial charge in [0, 0.05) is 18.1 Å². The maximum Gasteiger partial charge on any atom is 0.339 e. The van der Waals surface area contributed by atoms with Gasteiger partial charge in [0.25, 0.3) is 0 Å². The highest BCUT2D eigenvalue weighted by Gasteiger charge is 2.34. The topological polar surface area (TPSA) is 72.9 Å². The monoisotopic (exact) mass is 347 g/mol. The van der Waals surface area contributed by atoms with Crippen molar-refractivity contribution in [2.75, 3.05) is 20.2 Å². The standard InChI is InChI=1S/C14H18ClNO5S/c1-9-7-16(8-10(2)21-9)22(18,19)13-6-11(15)4-5-12(13)14(17)20-3/h4-6,9-10H,7-8H2,1-3H3. The third-order valence-corrected chi connectivity index (χ3v) is 5.46. The number of carbonyl (C=O) groups is 1. The van der Waals surface area contributed by atoms with Crippen LogP contribution in [0.4, 0.5) is 0 Å². The number of carbonyl (C=O) groups excluding carboxylic acids is 1. The Hall–Kier alpha value is -1.15. The summed E-state index contributed by atoms with van der Waals surface area (Å²) in [5.74, 6) is -0.718. The molecular formula is C14H18ClNO5S. The van der Waals surface area contributed by atoms with E-state index < -0.39 is 16.0 Å². The van der Waals surface area contributed by atoms with Crippen molar-refractivity contribution in [1.29, 1.82) is 0 Å². The molecule has 1 aliphatic rings. The van der Waals surface area contributed by atoms with Gasteiger partial charge in [0.1, 0.15) is 0 Å². The molecule has 0 spiro atoms. The van der Waals surface area contributed by atoms with Gasteiger partial charge in [0.05, 0.1) is 29.8 Å². The molecular weight excluding hydrogens is 330 g/mol. The number of esters is 1. The lowest BCUT2D eigenvalue weighted by molar-refractivity contribution is -0.0440. The number of methoxy groups -OCH3 is 1. The summed E-state index contributed by atoms with van der Waals surface area (Å²) < 4.78 is 37.3. The van der Waals surface area contributed by atoms with E-state index in [1.165, 1.54) is 29.6 Å². The number of nitrogens with zero attached hydrogens (tertiary/aromatic N) is 1. The molecule has 2 atom stereocenters. The Bertz CT molecular complexity index is 666. The Labute approximate surface area is 135 Å². The van der Waals surface area contributed by atoms with E-state index in [0.29, 0.717) is 0 Å². The summed E-state index contributed by atoms with van der Waals surface area (Å²) in [5, 5.41) is 0.237. The van der Waals surface area contributed by atoms with E-state index in [0.717, 1.165) is 0 Å². The van der Waals surface area contributed by atoms with Crippen LogP contribution in [0, 0.1) is 0 Å². The molecule has 22 heavy (non-hydrogen) atoms. The zero-order chi connectivity index (χ0) is 16.5. The molecule has 0 aromatic heterocycles. The van der Waals surface area contributed by atoms with Crippen LogP contribution in [-0.2, 0) is 19.5 Å². The number of hydrogen-bond donors (Lipinski definition) is 0. The summed E-state index contributed by atoms with van der Waals surface area (Å²) in [5.41, 5.74) is -0.0290. The molecule has 1 aliphatic heterocycles. The van der Waals surface area contributed by atoms with E-state index in [4.69, 9.17) is 16.3 Å². The van der Waals surface area contributed by atoms with E-state index in [2.05, 4.69) is 4.74 Å². The van der Waals surface area contributed by atoms with Crippen molar-refractivity contribution < 1.29 is 22.7 Å². The molecule has 1 heterocycles. The fourth-order valence-corrected chi connectivity index (χ4v) is 4.49. The molecule has 0 N–H and O–H groups in total. The van der Waals surface area contributed by atoms with Gasteiger partial charge >= 0.3 is 5.97 Å². The smallest absolute Gasteiger partial charge is 0.339 e. The van der Waals surface area contributed by atoms with Crippen molar-refractivity contribution >= 4 is 27.6 Å². The molecule has 2 unspecified atom stereocenters. The molecule has 122 valence electrons. The van der Waals surface area contributed by atoms with Gasteiger partial charge in [-0.2, -0.15) is 4.31 Å². The molecule has 0 amide bonds. The molecule has 2 rings (SSSR count). The summed E-state index contributed by atoms with van der Waals surface area (Å²) in [6.45, 7) is 4.05. The minimum absolute atomic E-state index is 0.0290. The molecule has 1 aromatic carbocycles. The van der Waals surface area contributed by atoms with Gasteiger partial charge in [-0.3, -0.25) is 0 Å². The lowest BCUT2D eigenvalue weighted by Gasteiger charge is -2.34. The number of hydrogen-bond acceptors (Lipinski definition) is 5. The first kappa shape index (κ1) is 17.2. The Morgan fingerprint density at radius 2 is 1.91 bits per heavy atom. The van der Waals surface area contributed by atoms with Crippen LogP contribution < -0.4 is 0 Å². The molecule has 0 radical (unpaired) electrons. The van der Waals surface area contributed by atoms with E-state index in [1.54, 1.807) is 13.8 Å². The molecule has 0 bridgehead atoms. The zero-order valence-corrected chi connectivity index (χ0v) is 14.1. The van der Waals surface area contributed by atoms with E-state index in [1.807, 2.05) is 0 Å². The van der Waals surface area contributed by atoms with Gasteiger partial charge < -0.3 is 9.47 Å². The van der Waals surface area contributed by atoms with Crippen LogP contribution in [-0.4, -0.2) is 51.1 Å². The minimum atomic E-state index is -3.87. The van der Waals surface area contributed by atoms with Gasteiger partial charge in [-0.05, 0) is 32.0 Å². The normalized spacial score (nSPS) is 23.3. The first-order chi connectivity index (χ1) is 10.3. The van der Waals surface area contributed by atoms with Crippen LogP contribution in [0.3, 0.4) is 0 Å². The van der Waals surface area contributed by atoms with E-state index in [9.17, 15) is 13.2 Å². The quantitative estimate of drug-likeness (QED) is 0.781. The summed E-state index contributed by atoms with van der Waals surface area (Å²) in [4.78, 5) is 11.7. The average Bonchev–Trinajstić information content (AvgIpc) is 2.45. The second-order valence-electron chi connectivity index (χ2n) is 5.21. The molecule has 1 fully saturated rings. The van der Waals surface area contributed by atoms with Crippen molar-refractivity contribution in [2.24, 2.45) is 0 Å². The molecule has 8 heteroatoms. The van der Waals surface area contributed by atoms with Gasteiger partial charge in [-0.25, -0.2) is 13.2 Å². The Kier molecular flexibility index (Phi) is 5.11. The third kappa shape index (κ3) is 3.43. The van der Waals surface area contributed by atoms with Crippen molar-refractivity contribution in [3.8, 4) is 0 Å². The number of halogens is 1. The molecule has 0 saturated carbocycles. The van der Waals surface area contributed by atoms with Crippen molar-refractivity contribution in [3.05, 3.63) is 28.8 Å². The first-order valence-corrected chi connectivity index (χ1v) is 8.61. The van der Waals surface area contributed by atoms with Crippen LogP contribution in [0.2, 0.25) is 5.02 Å². The van der Waals surface area contributed by atoms with E-state index in [-0.39, 0.29) is 40.8 Å². The van der Waals surface area contributed by atoms with Crippen LogP contribution in [0.15, 0.2) is 23.1 Å². The maximum absolute atomic E-state index is 12.9. The highest BCUT2D eigenvalue weighted by atomic mass is 35.5. The van der Waals surface area contributed by atoms with Crippen LogP contribution >= 0.6 is 11.6 Å². The molecule has 0 aliphatic carbocycles. The minimum Gasteiger partial charge on any atom is -0.465 e. The van der Waals surface area contributed by atoms with Gasteiger partial charge in [-0.1, -0.05) is 11.6 Å².